The van der Waals surface area contributed by atoms with E-state index in [0.29, 0.717) is 11.8 Å². The van der Waals surface area contributed by atoms with Gasteiger partial charge in [0, 0.05) is 16.8 Å². The molecule has 0 saturated heterocycles. The van der Waals surface area contributed by atoms with Gasteiger partial charge in [0.2, 0.25) is 0 Å². The Morgan fingerprint density at radius 1 is 1.91 bits per heavy atom. The number of hydrogen-bond donors (Lipinski definition) is 3. The van der Waals surface area contributed by atoms with Gasteiger partial charge in [0.1, 0.15) is 6.04 Å². The van der Waals surface area contributed by atoms with E-state index in [0.717, 1.165) is 0 Å². The molecule has 5 nitrogen and oxygen atoms in total. The fourth-order valence-electron chi connectivity index (χ4n) is 0.273. The van der Waals surface area contributed by atoms with Crippen LogP contribution in [0.1, 0.15) is 4.11 Å². The lowest BCUT2D eigenvalue weighted by Crippen LogP contribution is -2.33. The lowest BCUT2D eigenvalue weighted by Gasteiger charge is -2.03. The molecule has 0 aliphatic carbocycles. The first-order valence-corrected chi connectivity index (χ1v) is 3.64. The minimum absolute atomic E-state index is 0.169. The molecule has 0 aliphatic heterocycles. The average Bonchev–Trinajstić information content (AvgIpc) is 1.96. The Bertz CT molecular complexity index is 233. The number of nitrogens with one attached hydrogen (secondary N) is 1. The molecule has 0 aliphatic rings. The summed E-state index contributed by atoms with van der Waals surface area (Å²) in [7, 11) is 0. The van der Waals surface area contributed by atoms with Crippen molar-refractivity contribution in [3.05, 3.63) is 0 Å². The van der Waals surface area contributed by atoms with Crippen LogP contribution in [0.2, 0.25) is 0 Å². The van der Waals surface area contributed by atoms with Crippen molar-refractivity contribution < 1.29 is 18.8 Å². The standard InChI is InChI=1S/C5H10N2O3S/c1-7-5(10)11-2-3(6)4(8)9/h3H,2,6H2,1H3,(H,7,10)(H,8,9)/t3-/m0/s1/i1D3. The number of nitrogens with two attached hydrogens (primary N) is 1. The molecule has 0 heterocycles. The number of rotatable bonds is 3. The van der Waals surface area contributed by atoms with E-state index in [-0.39, 0.29) is 5.75 Å². The zero-order chi connectivity index (χ0) is 11.4. The monoisotopic (exact) mass is 181 g/mol. The topological polar surface area (TPSA) is 92.4 Å². The van der Waals surface area contributed by atoms with Crippen molar-refractivity contribution >= 4 is 23.0 Å². The first-order valence-electron chi connectivity index (χ1n) is 4.15. The van der Waals surface area contributed by atoms with E-state index < -0.39 is 24.2 Å². The molecule has 6 heteroatoms. The van der Waals surface area contributed by atoms with Crippen molar-refractivity contribution in [2.45, 2.75) is 6.04 Å². The molecule has 0 aromatic heterocycles. The Labute approximate surface area is 72.5 Å². The minimum atomic E-state index is -2.56. The average molecular weight is 181 g/mol. The highest BCUT2D eigenvalue weighted by Crippen LogP contribution is 2.01. The quantitative estimate of drug-likeness (QED) is 0.544. The molecule has 4 N–H and O–H groups in total. The van der Waals surface area contributed by atoms with Crippen molar-refractivity contribution in [3.8, 4) is 0 Å². The van der Waals surface area contributed by atoms with Crippen molar-refractivity contribution in [3.63, 3.8) is 0 Å². The van der Waals surface area contributed by atoms with Crippen LogP contribution in [-0.4, -0.2) is 35.1 Å². The molecular weight excluding hydrogens is 168 g/mol. The number of hydrogen-bond acceptors (Lipinski definition) is 4. The Kier molecular flexibility index (Phi) is 2.64. The number of carbonyl (C=O) groups is 2. The van der Waals surface area contributed by atoms with E-state index in [4.69, 9.17) is 15.0 Å². The molecule has 0 spiro atoms. The highest BCUT2D eigenvalue weighted by molar-refractivity contribution is 8.13. The van der Waals surface area contributed by atoms with Gasteiger partial charge in [0.15, 0.2) is 0 Å². The number of aliphatic carboxylic acids is 1. The molecule has 0 aromatic rings. The number of amides is 1. The molecule has 1 atom stereocenters. The van der Waals surface area contributed by atoms with Crippen molar-refractivity contribution in [2.24, 2.45) is 5.73 Å². The molecule has 0 rings (SSSR count). The number of carbonyl (C=O) groups excluding carboxylic acids is 1. The van der Waals surface area contributed by atoms with Gasteiger partial charge in [0.05, 0.1) is 0 Å². The summed E-state index contributed by atoms with van der Waals surface area (Å²) in [5, 5.41) is 9.22. The molecule has 0 unspecified atom stereocenters. The van der Waals surface area contributed by atoms with Crippen LogP contribution in [0.25, 0.3) is 0 Å². The van der Waals surface area contributed by atoms with Gasteiger partial charge in [-0.15, -0.1) is 0 Å². The fraction of sp³-hybridized carbons (Fsp3) is 0.600. The molecule has 64 valence electrons. The molecule has 1 amide bonds. The first kappa shape index (κ1) is 5.84. The number of carboxylic acid groups (broad SMARTS) is 1. The van der Waals surface area contributed by atoms with Crippen LogP contribution in [0.15, 0.2) is 0 Å². The fourth-order valence-corrected chi connectivity index (χ4v) is 0.819. The van der Waals surface area contributed by atoms with Crippen LogP contribution in [0, 0.1) is 0 Å². The second-order valence-electron chi connectivity index (χ2n) is 1.67. The molecule has 0 bridgehead atoms. The van der Waals surface area contributed by atoms with Crippen molar-refractivity contribution in [2.75, 3.05) is 12.7 Å². The van der Waals surface area contributed by atoms with E-state index >= 15 is 0 Å². The summed E-state index contributed by atoms with van der Waals surface area (Å²) in [5.41, 5.74) is 5.09. The van der Waals surface area contributed by atoms with Gasteiger partial charge in [0.25, 0.3) is 5.24 Å². The van der Waals surface area contributed by atoms with Gasteiger partial charge in [-0.1, -0.05) is 11.8 Å². The van der Waals surface area contributed by atoms with Crippen LogP contribution >= 0.6 is 11.8 Å². The third-order valence-electron chi connectivity index (χ3n) is 0.813. The lowest BCUT2D eigenvalue weighted by atomic mass is 10.4. The second-order valence-corrected chi connectivity index (χ2v) is 2.66. The predicted molar refractivity (Wildman–Crippen MR) is 42.5 cm³/mol. The number of carboxylic acids is 1. The van der Waals surface area contributed by atoms with E-state index in [9.17, 15) is 9.59 Å². The van der Waals surface area contributed by atoms with E-state index in [1.54, 1.807) is 5.32 Å². The van der Waals surface area contributed by atoms with Gasteiger partial charge in [-0.05, 0) is 0 Å². The molecule has 0 saturated carbocycles. The summed E-state index contributed by atoms with van der Waals surface area (Å²) < 4.78 is 20.0. The highest BCUT2D eigenvalue weighted by atomic mass is 32.2. The van der Waals surface area contributed by atoms with Gasteiger partial charge in [-0.2, -0.15) is 0 Å². The van der Waals surface area contributed by atoms with E-state index in [1.807, 2.05) is 0 Å². The summed E-state index contributed by atoms with van der Waals surface area (Å²) >= 11 is 0.524. The van der Waals surface area contributed by atoms with Gasteiger partial charge >= 0.3 is 5.97 Å². The van der Waals surface area contributed by atoms with Gasteiger partial charge < -0.3 is 16.2 Å². The summed E-state index contributed by atoms with van der Waals surface area (Å²) in [4.78, 5) is 21.0. The van der Waals surface area contributed by atoms with Crippen molar-refractivity contribution in [1.82, 2.24) is 5.32 Å². The second kappa shape index (κ2) is 4.97. The molecular formula is C5H10N2O3S. The molecule has 0 aromatic carbocycles. The van der Waals surface area contributed by atoms with Crippen LogP contribution in [0.5, 0.6) is 0 Å². The smallest absolute Gasteiger partial charge is 0.321 e. The maximum atomic E-state index is 10.8. The van der Waals surface area contributed by atoms with E-state index in [1.165, 1.54) is 0 Å². The minimum Gasteiger partial charge on any atom is -0.480 e. The Hall–Kier alpha value is -0.750. The van der Waals surface area contributed by atoms with Crippen LogP contribution in [-0.2, 0) is 4.79 Å². The SMILES string of the molecule is [2H]C([2H])([2H])NC(=O)SC[C@H](N)C(=O)O. The zero-order valence-corrected chi connectivity index (χ0v) is 6.35. The Balaban J connectivity index is 3.81. The summed E-state index contributed by atoms with van der Waals surface area (Å²) in [6.07, 6.45) is 0. The maximum Gasteiger partial charge on any atom is 0.321 e. The van der Waals surface area contributed by atoms with Crippen LogP contribution in [0.4, 0.5) is 4.79 Å². The van der Waals surface area contributed by atoms with Gasteiger partial charge in [-0.3, -0.25) is 9.59 Å². The Morgan fingerprint density at radius 3 is 3.00 bits per heavy atom. The summed E-state index contributed by atoms with van der Waals surface area (Å²) in [5.74, 6) is -1.41. The molecule has 0 fully saturated rings. The molecule has 0 radical (unpaired) electrons. The normalized spacial score (nSPS) is 17.4. The third kappa shape index (κ3) is 4.63. The molecule has 11 heavy (non-hydrogen) atoms. The van der Waals surface area contributed by atoms with Crippen LogP contribution in [0.3, 0.4) is 0 Å². The largest absolute Gasteiger partial charge is 0.480 e. The maximum absolute atomic E-state index is 10.8. The van der Waals surface area contributed by atoms with Crippen LogP contribution < -0.4 is 11.1 Å². The Morgan fingerprint density at radius 2 is 2.55 bits per heavy atom. The summed E-state index contributed by atoms with van der Waals surface area (Å²) in [6, 6.07) is -1.18. The summed E-state index contributed by atoms with van der Waals surface area (Å²) in [6.45, 7) is -2.56. The predicted octanol–water partition coefficient (Wildman–Crippen LogP) is -0.529. The van der Waals surface area contributed by atoms with Crippen molar-refractivity contribution in [1.29, 1.82) is 0 Å². The highest BCUT2D eigenvalue weighted by Gasteiger charge is 2.12. The zero-order valence-electron chi connectivity index (χ0n) is 8.53. The van der Waals surface area contributed by atoms with E-state index in [2.05, 4.69) is 0 Å². The van der Waals surface area contributed by atoms with Gasteiger partial charge in [-0.25, -0.2) is 0 Å². The first-order chi connectivity index (χ1) is 6.22. The number of thioether (sulfide) groups is 1. The third-order valence-corrected chi connectivity index (χ3v) is 1.70. The lowest BCUT2D eigenvalue weighted by molar-refractivity contribution is -0.137.